The average molecular weight is 238 g/mol. The predicted octanol–water partition coefficient (Wildman–Crippen LogP) is 0.839. The highest BCUT2D eigenvalue weighted by atomic mass is 16.2. The Morgan fingerprint density at radius 1 is 1.24 bits per heavy atom. The van der Waals surface area contributed by atoms with Crippen molar-refractivity contribution in [1.29, 1.82) is 0 Å². The number of nitrogens with zero attached hydrogens (tertiary/aromatic N) is 1. The molecule has 94 valence electrons. The maximum absolute atomic E-state index is 11.1. The maximum Gasteiger partial charge on any atom is 0.352 e. The standard InChI is InChI=1S/C11H18N4O2/c1-7(8-5-3-2-4-6-8)12-9-13-10(16)15-11(17)14-9/h7-8H,2-6H2,1H3,(H3,12,13,14,15,16,17)/t7-/m0/s1. The minimum absolute atomic E-state index is 0.222. The molecule has 17 heavy (non-hydrogen) atoms. The van der Waals surface area contributed by atoms with Crippen LogP contribution in [0.15, 0.2) is 9.59 Å². The van der Waals surface area contributed by atoms with Crippen LogP contribution in [0.1, 0.15) is 39.0 Å². The van der Waals surface area contributed by atoms with E-state index < -0.39 is 11.4 Å². The second kappa shape index (κ2) is 5.16. The SMILES string of the molecule is C[C@H](Nc1nc(=O)[nH]c(=O)[nH]1)C1CCCCC1. The van der Waals surface area contributed by atoms with Crippen molar-refractivity contribution in [3.05, 3.63) is 21.0 Å². The second-order valence-corrected chi connectivity index (χ2v) is 4.68. The van der Waals surface area contributed by atoms with Crippen molar-refractivity contribution in [1.82, 2.24) is 15.0 Å². The molecule has 1 aromatic rings. The molecule has 0 radical (unpaired) electrons. The van der Waals surface area contributed by atoms with E-state index in [1.807, 2.05) is 4.98 Å². The molecule has 1 aromatic heterocycles. The molecular weight excluding hydrogens is 220 g/mol. The van der Waals surface area contributed by atoms with Gasteiger partial charge in [0.1, 0.15) is 0 Å². The maximum atomic E-state index is 11.1. The van der Waals surface area contributed by atoms with Gasteiger partial charge in [-0.25, -0.2) is 9.59 Å². The van der Waals surface area contributed by atoms with E-state index in [1.165, 1.54) is 32.1 Å². The van der Waals surface area contributed by atoms with Gasteiger partial charge in [-0.05, 0) is 25.7 Å². The molecule has 6 heteroatoms. The van der Waals surface area contributed by atoms with Gasteiger partial charge in [0.15, 0.2) is 0 Å². The van der Waals surface area contributed by atoms with E-state index in [0.717, 1.165) is 0 Å². The van der Waals surface area contributed by atoms with Crippen LogP contribution in [0.4, 0.5) is 5.95 Å². The van der Waals surface area contributed by atoms with Crippen LogP contribution in [-0.4, -0.2) is 21.0 Å². The zero-order chi connectivity index (χ0) is 12.3. The van der Waals surface area contributed by atoms with Crippen LogP contribution in [0, 0.1) is 5.92 Å². The first-order valence-corrected chi connectivity index (χ1v) is 6.12. The third-order valence-electron chi connectivity index (χ3n) is 3.39. The number of aromatic nitrogens is 3. The first-order valence-electron chi connectivity index (χ1n) is 6.12. The minimum atomic E-state index is -0.618. The molecule has 1 fully saturated rings. The molecule has 0 spiro atoms. The van der Waals surface area contributed by atoms with E-state index >= 15 is 0 Å². The fraction of sp³-hybridized carbons (Fsp3) is 0.727. The molecule has 3 N–H and O–H groups in total. The summed E-state index contributed by atoms with van der Waals surface area (Å²) >= 11 is 0. The lowest BCUT2D eigenvalue weighted by atomic mass is 9.85. The first kappa shape index (κ1) is 11.9. The Labute approximate surface area is 98.9 Å². The molecule has 0 bridgehead atoms. The van der Waals surface area contributed by atoms with Crippen molar-refractivity contribution in [2.75, 3.05) is 5.32 Å². The van der Waals surface area contributed by atoms with Crippen LogP contribution < -0.4 is 16.7 Å². The highest BCUT2D eigenvalue weighted by Crippen LogP contribution is 2.27. The number of anilines is 1. The second-order valence-electron chi connectivity index (χ2n) is 4.68. The molecule has 1 aliphatic carbocycles. The van der Waals surface area contributed by atoms with Gasteiger partial charge in [0.2, 0.25) is 5.95 Å². The van der Waals surface area contributed by atoms with E-state index in [1.54, 1.807) is 0 Å². The summed E-state index contributed by atoms with van der Waals surface area (Å²) in [7, 11) is 0. The fourth-order valence-corrected chi connectivity index (χ4v) is 2.43. The summed E-state index contributed by atoms with van der Waals surface area (Å²) in [5, 5.41) is 3.11. The highest BCUT2D eigenvalue weighted by molar-refractivity contribution is 5.23. The minimum Gasteiger partial charge on any atom is -0.353 e. The highest BCUT2D eigenvalue weighted by Gasteiger charge is 2.20. The summed E-state index contributed by atoms with van der Waals surface area (Å²) in [6, 6.07) is 0.222. The predicted molar refractivity (Wildman–Crippen MR) is 65.1 cm³/mol. The number of H-pyrrole nitrogens is 2. The lowest BCUT2D eigenvalue weighted by Gasteiger charge is -2.28. The molecule has 0 aliphatic heterocycles. The van der Waals surface area contributed by atoms with Gasteiger partial charge in [-0.3, -0.25) is 9.97 Å². The molecule has 2 rings (SSSR count). The normalized spacial score (nSPS) is 18.9. The van der Waals surface area contributed by atoms with Crippen LogP contribution in [0.2, 0.25) is 0 Å². The third-order valence-corrected chi connectivity index (χ3v) is 3.39. The Balaban J connectivity index is 2.04. The van der Waals surface area contributed by atoms with Crippen LogP contribution in [0.3, 0.4) is 0 Å². The first-order chi connectivity index (χ1) is 8.15. The summed E-state index contributed by atoms with van der Waals surface area (Å²) in [6.07, 6.45) is 6.22. The quantitative estimate of drug-likeness (QED) is 0.727. The van der Waals surface area contributed by atoms with Crippen LogP contribution in [0.5, 0.6) is 0 Å². The number of rotatable bonds is 3. The molecule has 1 saturated carbocycles. The van der Waals surface area contributed by atoms with Gasteiger partial charge in [0, 0.05) is 6.04 Å². The summed E-state index contributed by atoms with van der Waals surface area (Å²) < 4.78 is 0. The Bertz CT molecular complexity index is 445. The van der Waals surface area contributed by atoms with Gasteiger partial charge in [0.25, 0.3) is 0 Å². The van der Waals surface area contributed by atoms with Gasteiger partial charge in [-0.15, -0.1) is 0 Å². The van der Waals surface area contributed by atoms with E-state index in [9.17, 15) is 9.59 Å². The third kappa shape index (κ3) is 3.18. The van der Waals surface area contributed by atoms with Crippen molar-refractivity contribution in [2.24, 2.45) is 5.92 Å². The van der Waals surface area contributed by atoms with Gasteiger partial charge in [-0.2, -0.15) is 4.98 Å². The van der Waals surface area contributed by atoms with E-state index in [4.69, 9.17) is 0 Å². The zero-order valence-corrected chi connectivity index (χ0v) is 9.95. The molecule has 0 amide bonds. The van der Waals surface area contributed by atoms with Crippen molar-refractivity contribution < 1.29 is 0 Å². The van der Waals surface area contributed by atoms with Gasteiger partial charge in [-0.1, -0.05) is 19.3 Å². The molecule has 6 nitrogen and oxygen atoms in total. The van der Waals surface area contributed by atoms with E-state index in [0.29, 0.717) is 5.92 Å². The van der Waals surface area contributed by atoms with Crippen LogP contribution in [-0.2, 0) is 0 Å². The van der Waals surface area contributed by atoms with Crippen molar-refractivity contribution in [3.8, 4) is 0 Å². The molecule has 1 heterocycles. The van der Waals surface area contributed by atoms with Crippen molar-refractivity contribution in [2.45, 2.75) is 45.1 Å². The Morgan fingerprint density at radius 2 is 1.94 bits per heavy atom. The number of hydrogen-bond acceptors (Lipinski definition) is 4. The number of nitrogens with one attached hydrogen (secondary N) is 3. The smallest absolute Gasteiger partial charge is 0.352 e. The lowest BCUT2D eigenvalue weighted by molar-refractivity contribution is 0.327. The average Bonchev–Trinajstić information content (AvgIpc) is 2.28. The largest absolute Gasteiger partial charge is 0.353 e. The topological polar surface area (TPSA) is 90.6 Å². The van der Waals surface area contributed by atoms with E-state index in [-0.39, 0.29) is 12.0 Å². The Kier molecular flexibility index (Phi) is 3.61. The number of hydrogen-bond donors (Lipinski definition) is 3. The van der Waals surface area contributed by atoms with E-state index in [2.05, 4.69) is 22.2 Å². The Hall–Kier alpha value is -1.59. The molecular formula is C11H18N4O2. The lowest BCUT2D eigenvalue weighted by Crippen LogP contribution is -2.32. The van der Waals surface area contributed by atoms with Gasteiger partial charge < -0.3 is 5.32 Å². The van der Waals surface area contributed by atoms with Crippen LogP contribution in [0.25, 0.3) is 0 Å². The molecule has 1 atom stereocenters. The fourth-order valence-electron chi connectivity index (χ4n) is 2.43. The summed E-state index contributed by atoms with van der Waals surface area (Å²) in [4.78, 5) is 30.3. The zero-order valence-electron chi connectivity index (χ0n) is 9.95. The Morgan fingerprint density at radius 3 is 2.59 bits per heavy atom. The summed E-state index contributed by atoms with van der Waals surface area (Å²) in [6.45, 7) is 2.07. The molecule has 0 saturated heterocycles. The van der Waals surface area contributed by atoms with Gasteiger partial charge >= 0.3 is 11.4 Å². The summed E-state index contributed by atoms with van der Waals surface area (Å²) in [5.41, 5.74) is -1.14. The van der Waals surface area contributed by atoms with Crippen LogP contribution >= 0.6 is 0 Å². The van der Waals surface area contributed by atoms with Gasteiger partial charge in [0.05, 0.1) is 0 Å². The molecule has 0 aromatic carbocycles. The molecule has 1 aliphatic rings. The molecule has 0 unspecified atom stereocenters. The monoisotopic (exact) mass is 238 g/mol. The van der Waals surface area contributed by atoms with Crippen molar-refractivity contribution >= 4 is 5.95 Å². The number of aromatic amines is 2. The summed E-state index contributed by atoms with van der Waals surface area (Å²) in [5.74, 6) is 0.852. The van der Waals surface area contributed by atoms with Crippen molar-refractivity contribution in [3.63, 3.8) is 0 Å².